The zero-order valence-electron chi connectivity index (χ0n) is 9.17. The molecule has 0 radical (unpaired) electrons. The highest BCUT2D eigenvalue weighted by Gasteiger charge is 2.14. The van der Waals surface area contributed by atoms with Gasteiger partial charge in [-0.15, -0.1) is 0 Å². The summed E-state index contributed by atoms with van der Waals surface area (Å²) in [6, 6.07) is 3.03. The molecule has 1 heterocycles. The summed E-state index contributed by atoms with van der Waals surface area (Å²) < 4.78 is 5.72. The van der Waals surface area contributed by atoms with Gasteiger partial charge in [0.1, 0.15) is 0 Å². The molecule has 2 N–H and O–H groups in total. The molecule has 0 saturated carbocycles. The van der Waals surface area contributed by atoms with Crippen molar-refractivity contribution in [3.63, 3.8) is 0 Å². The number of nitro benzene ring substituents is 1. The average molecular weight is 253 g/mol. The number of non-ortho nitro benzene ring substituents is 1. The van der Waals surface area contributed by atoms with Crippen molar-refractivity contribution in [1.29, 1.82) is 0 Å². The smallest absolute Gasteiger partial charge is 0.271 e. The normalized spacial score (nSPS) is 10.9. The van der Waals surface area contributed by atoms with E-state index in [0.717, 1.165) is 15.8 Å². The second-order valence-corrected chi connectivity index (χ2v) is 4.57. The molecule has 2 aromatic rings. The number of aromatic nitrogens is 1. The minimum absolute atomic E-state index is 0.0623. The van der Waals surface area contributed by atoms with Gasteiger partial charge >= 0.3 is 0 Å². The summed E-state index contributed by atoms with van der Waals surface area (Å²) in [4.78, 5) is 14.6. The van der Waals surface area contributed by atoms with E-state index in [1.54, 1.807) is 7.11 Å². The number of fused-ring (bicyclic) bond motifs is 1. The van der Waals surface area contributed by atoms with Crippen LogP contribution in [0.2, 0.25) is 0 Å². The lowest BCUT2D eigenvalue weighted by Gasteiger charge is -2.01. The third-order valence-corrected chi connectivity index (χ3v) is 3.19. The zero-order valence-corrected chi connectivity index (χ0v) is 9.99. The summed E-state index contributed by atoms with van der Waals surface area (Å²) in [5.74, 6) is 0. The summed E-state index contributed by atoms with van der Waals surface area (Å²) in [5.41, 5.74) is 7.21. The SMILES string of the molecule is COCCc1cc([N+](=O)[O-])cc2sc(N)nc12. The lowest BCUT2D eigenvalue weighted by molar-refractivity contribution is -0.384. The molecular weight excluding hydrogens is 242 g/mol. The highest BCUT2D eigenvalue weighted by atomic mass is 32.1. The molecule has 0 unspecified atom stereocenters. The zero-order chi connectivity index (χ0) is 12.4. The third kappa shape index (κ3) is 2.34. The van der Waals surface area contributed by atoms with Gasteiger partial charge in [-0.3, -0.25) is 10.1 Å². The number of nitro groups is 1. The number of hydrogen-bond acceptors (Lipinski definition) is 6. The lowest BCUT2D eigenvalue weighted by atomic mass is 10.1. The van der Waals surface area contributed by atoms with Gasteiger partial charge in [0, 0.05) is 19.2 Å². The molecular formula is C10H11N3O3S. The van der Waals surface area contributed by atoms with E-state index in [1.165, 1.54) is 23.5 Å². The van der Waals surface area contributed by atoms with E-state index in [4.69, 9.17) is 10.5 Å². The molecule has 0 fully saturated rings. The van der Waals surface area contributed by atoms with E-state index in [1.807, 2.05) is 0 Å². The van der Waals surface area contributed by atoms with E-state index in [0.29, 0.717) is 18.2 Å². The number of anilines is 1. The minimum atomic E-state index is -0.411. The van der Waals surface area contributed by atoms with Crippen molar-refractivity contribution in [2.45, 2.75) is 6.42 Å². The van der Waals surface area contributed by atoms with Crippen molar-refractivity contribution in [3.05, 3.63) is 27.8 Å². The van der Waals surface area contributed by atoms with Crippen LogP contribution in [0.5, 0.6) is 0 Å². The number of nitrogens with two attached hydrogens (primary N) is 1. The van der Waals surface area contributed by atoms with Gasteiger partial charge in [-0.05, 0) is 12.0 Å². The van der Waals surface area contributed by atoms with Crippen LogP contribution in [-0.2, 0) is 11.2 Å². The van der Waals surface area contributed by atoms with Crippen LogP contribution in [0.25, 0.3) is 10.2 Å². The molecule has 6 nitrogen and oxygen atoms in total. The molecule has 17 heavy (non-hydrogen) atoms. The molecule has 0 aliphatic rings. The molecule has 0 amide bonds. The number of methoxy groups -OCH3 is 1. The topological polar surface area (TPSA) is 91.3 Å². The monoisotopic (exact) mass is 253 g/mol. The van der Waals surface area contributed by atoms with Crippen LogP contribution in [-0.4, -0.2) is 23.6 Å². The molecule has 2 rings (SSSR count). The Labute approximate surface area is 101 Å². The van der Waals surface area contributed by atoms with E-state index >= 15 is 0 Å². The van der Waals surface area contributed by atoms with Gasteiger partial charge < -0.3 is 10.5 Å². The minimum Gasteiger partial charge on any atom is -0.384 e. The van der Waals surface area contributed by atoms with E-state index in [9.17, 15) is 10.1 Å². The Bertz CT molecular complexity index is 567. The molecule has 0 atom stereocenters. The molecule has 1 aromatic carbocycles. The van der Waals surface area contributed by atoms with Crippen LogP contribution in [0.15, 0.2) is 12.1 Å². The fourth-order valence-electron chi connectivity index (χ4n) is 1.61. The predicted molar refractivity (Wildman–Crippen MR) is 66.3 cm³/mol. The Kier molecular flexibility index (Phi) is 3.21. The van der Waals surface area contributed by atoms with Crippen LogP contribution < -0.4 is 5.73 Å². The van der Waals surface area contributed by atoms with Gasteiger partial charge in [0.2, 0.25) is 0 Å². The lowest BCUT2D eigenvalue weighted by Crippen LogP contribution is -1.97. The number of rotatable bonds is 4. The van der Waals surface area contributed by atoms with Crippen molar-refractivity contribution >= 4 is 32.4 Å². The Morgan fingerprint density at radius 1 is 1.59 bits per heavy atom. The predicted octanol–water partition coefficient (Wildman–Crippen LogP) is 1.98. The van der Waals surface area contributed by atoms with Gasteiger partial charge in [0.05, 0.1) is 21.7 Å². The first-order valence-electron chi connectivity index (χ1n) is 4.94. The van der Waals surface area contributed by atoms with Crippen molar-refractivity contribution in [1.82, 2.24) is 4.98 Å². The number of hydrogen-bond donors (Lipinski definition) is 1. The van der Waals surface area contributed by atoms with Gasteiger partial charge in [0.15, 0.2) is 5.13 Å². The van der Waals surface area contributed by atoms with Gasteiger partial charge in [-0.2, -0.15) is 0 Å². The molecule has 0 spiro atoms. The fraction of sp³-hybridized carbons (Fsp3) is 0.300. The summed E-state index contributed by atoms with van der Waals surface area (Å²) >= 11 is 1.25. The van der Waals surface area contributed by atoms with Crippen molar-refractivity contribution in [2.75, 3.05) is 19.5 Å². The first-order chi connectivity index (χ1) is 8.11. The van der Waals surface area contributed by atoms with E-state index < -0.39 is 4.92 Å². The maximum absolute atomic E-state index is 10.8. The van der Waals surface area contributed by atoms with Gasteiger partial charge in [-0.1, -0.05) is 11.3 Å². The standard InChI is InChI=1S/C10H11N3O3S/c1-16-3-2-6-4-7(13(14)15)5-8-9(6)12-10(11)17-8/h4-5H,2-3H2,1H3,(H2,11,12). The van der Waals surface area contributed by atoms with Crippen LogP contribution in [0.3, 0.4) is 0 Å². The second-order valence-electron chi connectivity index (χ2n) is 3.50. The molecule has 0 aliphatic heterocycles. The van der Waals surface area contributed by atoms with Crippen LogP contribution in [0.1, 0.15) is 5.56 Å². The quantitative estimate of drug-likeness (QED) is 0.664. The van der Waals surface area contributed by atoms with Crippen molar-refractivity contribution in [2.24, 2.45) is 0 Å². The van der Waals surface area contributed by atoms with E-state index in [2.05, 4.69) is 4.98 Å². The number of nitrogens with zero attached hydrogens (tertiary/aromatic N) is 2. The summed E-state index contributed by atoms with van der Waals surface area (Å²) in [6.45, 7) is 0.494. The number of nitrogen functional groups attached to an aromatic ring is 1. The fourth-order valence-corrected chi connectivity index (χ4v) is 2.42. The number of thiazole rings is 1. The summed E-state index contributed by atoms with van der Waals surface area (Å²) in [5, 5.41) is 11.2. The van der Waals surface area contributed by atoms with Crippen LogP contribution in [0.4, 0.5) is 10.8 Å². The Morgan fingerprint density at radius 2 is 2.35 bits per heavy atom. The highest BCUT2D eigenvalue weighted by molar-refractivity contribution is 7.22. The third-order valence-electron chi connectivity index (χ3n) is 2.36. The summed E-state index contributed by atoms with van der Waals surface area (Å²) in [6.07, 6.45) is 0.581. The maximum Gasteiger partial charge on any atom is 0.271 e. The Hall–Kier alpha value is -1.73. The largest absolute Gasteiger partial charge is 0.384 e. The maximum atomic E-state index is 10.8. The van der Waals surface area contributed by atoms with Crippen molar-refractivity contribution < 1.29 is 9.66 Å². The molecule has 0 aliphatic carbocycles. The molecule has 0 bridgehead atoms. The first-order valence-corrected chi connectivity index (χ1v) is 5.75. The highest BCUT2D eigenvalue weighted by Crippen LogP contribution is 2.31. The molecule has 90 valence electrons. The second kappa shape index (κ2) is 4.64. The molecule has 0 saturated heterocycles. The van der Waals surface area contributed by atoms with Gasteiger partial charge in [-0.25, -0.2) is 4.98 Å². The van der Waals surface area contributed by atoms with E-state index in [-0.39, 0.29) is 5.69 Å². The Balaban J connectivity index is 2.56. The Morgan fingerprint density at radius 3 is 3.00 bits per heavy atom. The van der Waals surface area contributed by atoms with Crippen LogP contribution >= 0.6 is 11.3 Å². The number of ether oxygens (including phenoxy) is 1. The first kappa shape index (κ1) is 11.7. The average Bonchev–Trinajstić information content (AvgIpc) is 2.65. The summed E-state index contributed by atoms with van der Waals surface area (Å²) in [7, 11) is 1.59. The number of benzene rings is 1. The molecule has 7 heteroatoms. The van der Waals surface area contributed by atoms with Gasteiger partial charge in [0.25, 0.3) is 5.69 Å². The van der Waals surface area contributed by atoms with Crippen molar-refractivity contribution in [3.8, 4) is 0 Å². The molecule has 1 aromatic heterocycles. The van der Waals surface area contributed by atoms with Crippen LogP contribution in [0, 0.1) is 10.1 Å².